The van der Waals surface area contributed by atoms with Crippen molar-refractivity contribution in [2.75, 3.05) is 18.1 Å². The van der Waals surface area contributed by atoms with Crippen LogP contribution in [0.1, 0.15) is 50.5 Å². The van der Waals surface area contributed by atoms with Crippen LogP contribution in [-0.2, 0) is 4.74 Å². The first-order valence-electron chi connectivity index (χ1n) is 10.7. The van der Waals surface area contributed by atoms with E-state index >= 15 is 0 Å². The van der Waals surface area contributed by atoms with Crippen LogP contribution in [0.15, 0.2) is 30.5 Å². The van der Waals surface area contributed by atoms with Gasteiger partial charge in [0.2, 0.25) is 0 Å². The smallest absolute Gasteiger partial charge is 0.411 e. The molecule has 0 bridgehead atoms. The van der Waals surface area contributed by atoms with Crippen LogP contribution in [0.25, 0.3) is 11.3 Å². The molecule has 2 aromatic rings. The summed E-state index contributed by atoms with van der Waals surface area (Å²) < 4.78 is 5.82. The summed E-state index contributed by atoms with van der Waals surface area (Å²) in [6.45, 7) is 6.56. The Labute approximate surface area is 183 Å². The number of amides is 2. The second kappa shape index (κ2) is 9.76. The number of hydrogen-bond acceptors (Lipinski definition) is 6. The molecule has 1 aliphatic rings. The summed E-state index contributed by atoms with van der Waals surface area (Å²) in [4.78, 5) is 32.9. The van der Waals surface area contributed by atoms with Gasteiger partial charge in [-0.05, 0) is 42.7 Å². The molecule has 8 heteroatoms. The molecule has 0 saturated heterocycles. The fourth-order valence-corrected chi connectivity index (χ4v) is 4.11. The van der Waals surface area contributed by atoms with Crippen LogP contribution in [0.4, 0.5) is 16.3 Å². The van der Waals surface area contributed by atoms with Gasteiger partial charge in [-0.1, -0.05) is 39.3 Å². The van der Waals surface area contributed by atoms with Crippen molar-refractivity contribution < 1.29 is 14.3 Å². The topological polar surface area (TPSA) is 119 Å². The highest BCUT2D eigenvalue weighted by atomic mass is 16.6. The van der Waals surface area contributed by atoms with E-state index in [-0.39, 0.29) is 17.6 Å². The average molecular weight is 426 g/mol. The SMILES string of the molecule is CNC(=O)c1nc(-c2cccc(NC(=O)O[C@@H]3C[C@H](C)CC[C@H]3C(C)C)c2)cnc1N. The Balaban J connectivity index is 1.73. The minimum absolute atomic E-state index is 0.0578. The molecule has 1 heterocycles. The molecule has 1 aromatic carbocycles. The summed E-state index contributed by atoms with van der Waals surface area (Å²) >= 11 is 0. The van der Waals surface area contributed by atoms with Gasteiger partial charge in [0.15, 0.2) is 11.5 Å². The molecule has 1 fully saturated rings. The van der Waals surface area contributed by atoms with Gasteiger partial charge in [0.05, 0.1) is 11.9 Å². The number of nitrogens with zero attached hydrogens (tertiary/aromatic N) is 2. The van der Waals surface area contributed by atoms with E-state index in [9.17, 15) is 9.59 Å². The Morgan fingerprint density at radius 1 is 1.26 bits per heavy atom. The van der Waals surface area contributed by atoms with Crippen LogP contribution >= 0.6 is 0 Å². The molecular formula is C23H31N5O3. The lowest BCUT2D eigenvalue weighted by molar-refractivity contribution is 0.0126. The molecule has 1 aromatic heterocycles. The van der Waals surface area contributed by atoms with Gasteiger partial charge in [-0.25, -0.2) is 14.8 Å². The summed E-state index contributed by atoms with van der Waals surface area (Å²) in [5.74, 6) is 1.04. The van der Waals surface area contributed by atoms with Crippen molar-refractivity contribution in [2.45, 2.75) is 46.1 Å². The first kappa shape index (κ1) is 22.5. The van der Waals surface area contributed by atoms with Gasteiger partial charge < -0.3 is 15.8 Å². The lowest BCUT2D eigenvalue weighted by Gasteiger charge is -2.36. The second-order valence-electron chi connectivity index (χ2n) is 8.54. The second-order valence-corrected chi connectivity index (χ2v) is 8.54. The minimum Gasteiger partial charge on any atom is -0.446 e. The van der Waals surface area contributed by atoms with E-state index in [0.717, 1.165) is 12.8 Å². The van der Waals surface area contributed by atoms with Crippen LogP contribution in [0.2, 0.25) is 0 Å². The number of benzene rings is 1. The van der Waals surface area contributed by atoms with Crippen LogP contribution < -0.4 is 16.4 Å². The number of carbonyl (C=O) groups excluding carboxylic acids is 2. The summed E-state index contributed by atoms with van der Waals surface area (Å²) in [5.41, 5.74) is 7.57. The van der Waals surface area contributed by atoms with Gasteiger partial charge >= 0.3 is 6.09 Å². The number of hydrogen-bond donors (Lipinski definition) is 3. The van der Waals surface area contributed by atoms with E-state index in [1.165, 1.54) is 19.7 Å². The van der Waals surface area contributed by atoms with Crippen LogP contribution in [0, 0.1) is 17.8 Å². The molecular weight excluding hydrogens is 394 g/mol. The van der Waals surface area contributed by atoms with Crippen molar-refractivity contribution >= 4 is 23.5 Å². The molecule has 166 valence electrons. The zero-order valence-electron chi connectivity index (χ0n) is 18.5. The Bertz CT molecular complexity index is 947. The Morgan fingerprint density at radius 2 is 2.03 bits per heavy atom. The van der Waals surface area contributed by atoms with E-state index in [1.54, 1.807) is 18.2 Å². The lowest BCUT2D eigenvalue weighted by Crippen LogP contribution is -2.36. The number of nitrogens with one attached hydrogen (secondary N) is 2. The summed E-state index contributed by atoms with van der Waals surface area (Å²) in [6.07, 6.45) is 4.10. The third-order valence-electron chi connectivity index (χ3n) is 5.87. The van der Waals surface area contributed by atoms with Crippen LogP contribution in [-0.4, -0.2) is 35.1 Å². The summed E-state index contributed by atoms with van der Waals surface area (Å²) in [6, 6.07) is 7.15. The number of ether oxygens (including phenoxy) is 1. The average Bonchev–Trinajstić information content (AvgIpc) is 2.73. The molecule has 3 atom stereocenters. The molecule has 8 nitrogen and oxygen atoms in total. The van der Waals surface area contributed by atoms with Crippen LogP contribution in [0.5, 0.6) is 0 Å². The fourth-order valence-electron chi connectivity index (χ4n) is 4.11. The van der Waals surface area contributed by atoms with Crippen molar-refractivity contribution in [2.24, 2.45) is 17.8 Å². The largest absolute Gasteiger partial charge is 0.446 e. The maximum absolute atomic E-state index is 12.6. The lowest BCUT2D eigenvalue weighted by atomic mass is 9.75. The number of nitrogens with two attached hydrogens (primary N) is 1. The molecule has 4 N–H and O–H groups in total. The number of carbonyl (C=O) groups is 2. The van der Waals surface area contributed by atoms with Crippen LogP contribution in [0.3, 0.4) is 0 Å². The fraction of sp³-hybridized carbons (Fsp3) is 0.478. The third kappa shape index (κ3) is 5.51. The number of aromatic nitrogens is 2. The van der Waals surface area contributed by atoms with Crippen molar-refractivity contribution in [1.29, 1.82) is 0 Å². The van der Waals surface area contributed by atoms with Crippen molar-refractivity contribution in [1.82, 2.24) is 15.3 Å². The maximum atomic E-state index is 12.6. The quantitative estimate of drug-likeness (QED) is 0.664. The molecule has 1 aliphatic carbocycles. The number of nitrogen functional groups attached to an aromatic ring is 1. The third-order valence-corrected chi connectivity index (χ3v) is 5.87. The summed E-state index contributed by atoms with van der Waals surface area (Å²) in [5, 5.41) is 5.32. The van der Waals surface area contributed by atoms with Gasteiger partial charge in [0.25, 0.3) is 5.91 Å². The highest BCUT2D eigenvalue weighted by molar-refractivity contribution is 5.96. The van der Waals surface area contributed by atoms with E-state index in [2.05, 4.69) is 41.4 Å². The predicted molar refractivity (Wildman–Crippen MR) is 121 cm³/mol. The zero-order chi connectivity index (χ0) is 22.5. The van der Waals surface area contributed by atoms with Gasteiger partial charge in [-0.3, -0.25) is 10.1 Å². The van der Waals surface area contributed by atoms with Gasteiger partial charge in [0.1, 0.15) is 6.10 Å². The Hall–Kier alpha value is -3.16. The zero-order valence-corrected chi connectivity index (χ0v) is 18.5. The van der Waals surface area contributed by atoms with E-state index < -0.39 is 12.0 Å². The summed E-state index contributed by atoms with van der Waals surface area (Å²) in [7, 11) is 1.50. The first-order chi connectivity index (χ1) is 14.8. The van der Waals surface area contributed by atoms with E-state index in [0.29, 0.717) is 34.7 Å². The first-order valence-corrected chi connectivity index (χ1v) is 10.7. The van der Waals surface area contributed by atoms with Crippen molar-refractivity contribution in [3.05, 3.63) is 36.2 Å². The van der Waals surface area contributed by atoms with Gasteiger partial charge in [-0.2, -0.15) is 0 Å². The van der Waals surface area contributed by atoms with Gasteiger partial charge in [0, 0.05) is 18.3 Å². The van der Waals surface area contributed by atoms with E-state index in [1.807, 2.05) is 6.07 Å². The van der Waals surface area contributed by atoms with Gasteiger partial charge in [-0.15, -0.1) is 0 Å². The molecule has 0 aliphatic heterocycles. The number of rotatable bonds is 5. The maximum Gasteiger partial charge on any atom is 0.411 e. The Kier molecular flexibility index (Phi) is 7.09. The van der Waals surface area contributed by atoms with E-state index in [4.69, 9.17) is 10.5 Å². The molecule has 2 amide bonds. The van der Waals surface area contributed by atoms with Crippen molar-refractivity contribution in [3.63, 3.8) is 0 Å². The molecule has 0 radical (unpaired) electrons. The molecule has 0 spiro atoms. The van der Waals surface area contributed by atoms with Crippen molar-refractivity contribution in [3.8, 4) is 11.3 Å². The predicted octanol–water partition coefficient (Wildman–Crippen LogP) is 4.09. The molecule has 1 saturated carbocycles. The highest BCUT2D eigenvalue weighted by Gasteiger charge is 2.33. The molecule has 3 rings (SSSR count). The number of anilines is 2. The monoisotopic (exact) mass is 425 g/mol. The standard InChI is InChI=1S/C23H31N5O3/c1-13(2)17-9-8-14(3)10-19(17)31-23(30)27-16-7-5-6-15(11-16)18-12-26-21(24)20(28-18)22(29)25-4/h5-7,11-14,17,19H,8-10H2,1-4H3,(H2,24,26)(H,25,29)(H,27,30)/t14-,17+,19-/m1/s1. The molecule has 31 heavy (non-hydrogen) atoms. The highest BCUT2D eigenvalue weighted by Crippen LogP contribution is 2.35. The normalized spacial score (nSPS) is 20.9. The Morgan fingerprint density at radius 3 is 2.74 bits per heavy atom. The minimum atomic E-state index is -0.462. The molecule has 0 unspecified atom stereocenters.